The molecule has 4 rings (SSSR count). The average Bonchev–Trinajstić information content (AvgIpc) is 3.60. The Morgan fingerprint density at radius 1 is 1.02 bits per heavy atom. The lowest BCUT2D eigenvalue weighted by atomic mass is 9.98. The van der Waals surface area contributed by atoms with Gasteiger partial charge in [0.15, 0.2) is 17.7 Å². The number of hydrogen-bond acceptors (Lipinski definition) is 10. The van der Waals surface area contributed by atoms with Gasteiger partial charge in [-0.1, -0.05) is 55.5 Å². The van der Waals surface area contributed by atoms with Gasteiger partial charge in [-0.05, 0) is 68.2 Å². The molecule has 4 aromatic rings. The molecule has 0 aliphatic rings. The Hall–Kier alpha value is -4.58. The van der Waals surface area contributed by atoms with Crippen molar-refractivity contribution in [1.82, 2.24) is 30.2 Å². The zero-order chi connectivity index (χ0) is 30.4. The number of H-pyrrole nitrogens is 1. The van der Waals surface area contributed by atoms with E-state index in [1.807, 2.05) is 55.5 Å². The van der Waals surface area contributed by atoms with Crippen LogP contribution in [-0.2, 0) is 32.8 Å². The smallest absolute Gasteiger partial charge is 0.456 e. The standard InChI is InChI=1S/C30H36N6O6/c1-7-10-24-31-25(26(30(5,6)39)36(24)19(4)42-29(38)41-18(2)3)28(37)40-17-20-13-15-21(16-14-20)22-11-8-9-12-23(22)27-32-34-35-33-27/h8-9,11-16,18-19,39H,7,10,17H2,1-6H3,(H,32,33,34,35). The van der Waals surface area contributed by atoms with Crippen molar-refractivity contribution in [2.75, 3.05) is 0 Å². The highest BCUT2D eigenvalue weighted by molar-refractivity contribution is 5.89. The maximum atomic E-state index is 13.3. The first-order valence-electron chi connectivity index (χ1n) is 13.8. The number of tetrazole rings is 1. The number of carbonyl (C=O) groups excluding carboxylic acids is 2. The molecule has 12 nitrogen and oxygen atoms in total. The molecular formula is C30H36N6O6. The molecule has 2 aromatic carbocycles. The number of aryl methyl sites for hydroxylation is 1. The summed E-state index contributed by atoms with van der Waals surface area (Å²) in [6.45, 7) is 10.1. The molecule has 0 spiro atoms. The Labute approximate surface area is 244 Å². The molecule has 0 saturated carbocycles. The first-order valence-corrected chi connectivity index (χ1v) is 13.8. The minimum atomic E-state index is -1.50. The fourth-order valence-corrected chi connectivity index (χ4v) is 4.62. The van der Waals surface area contributed by atoms with Crippen LogP contribution in [0.15, 0.2) is 48.5 Å². The molecule has 42 heavy (non-hydrogen) atoms. The van der Waals surface area contributed by atoms with E-state index in [9.17, 15) is 14.7 Å². The molecule has 12 heteroatoms. The highest BCUT2D eigenvalue weighted by Gasteiger charge is 2.35. The number of hydrogen-bond donors (Lipinski definition) is 2. The van der Waals surface area contributed by atoms with E-state index in [1.165, 1.54) is 13.8 Å². The number of ether oxygens (including phenoxy) is 3. The van der Waals surface area contributed by atoms with E-state index in [0.29, 0.717) is 24.5 Å². The predicted octanol–water partition coefficient (Wildman–Crippen LogP) is 5.35. The molecule has 0 fully saturated rings. The second-order valence-corrected chi connectivity index (χ2v) is 10.6. The third-order valence-corrected chi connectivity index (χ3v) is 6.36. The molecule has 0 aliphatic carbocycles. The van der Waals surface area contributed by atoms with E-state index in [2.05, 4.69) is 25.6 Å². The molecule has 0 saturated heterocycles. The lowest BCUT2D eigenvalue weighted by Gasteiger charge is -2.26. The van der Waals surface area contributed by atoms with E-state index < -0.39 is 24.0 Å². The number of aromatic amines is 1. The molecule has 2 heterocycles. The van der Waals surface area contributed by atoms with E-state index in [0.717, 1.165) is 22.3 Å². The van der Waals surface area contributed by atoms with Crippen molar-refractivity contribution in [2.24, 2.45) is 0 Å². The third-order valence-electron chi connectivity index (χ3n) is 6.36. The second kappa shape index (κ2) is 12.9. The zero-order valence-electron chi connectivity index (χ0n) is 24.6. The van der Waals surface area contributed by atoms with Crippen molar-refractivity contribution in [3.8, 4) is 22.5 Å². The van der Waals surface area contributed by atoms with E-state index in [1.54, 1.807) is 25.3 Å². The van der Waals surface area contributed by atoms with Gasteiger partial charge >= 0.3 is 12.1 Å². The summed E-state index contributed by atoms with van der Waals surface area (Å²) in [6, 6.07) is 15.3. The van der Waals surface area contributed by atoms with Crippen LogP contribution in [-0.4, -0.2) is 53.5 Å². The number of imidazole rings is 1. The fourth-order valence-electron chi connectivity index (χ4n) is 4.62. The summed E-state index contributed by atoms with van der Waals surface area (Å²) in [4.78, 5) is 30.1. The summed E-state index contributed by atoms with van der Waals surface area (Å²) in [5, 5.41) is 25.2. The molecular weight excluding hydrogens is 540 g/mol. The van der Waals surface area contributed by atoms with Crippen LogP contribution >= 0.6 is 0 Å². The molecule has 0 bridgehead atoms. The van der Waals surface area contributed by atoms with Crippen LogP contribution in [0.3, 0.4) is 0 Å². The lowest BCUT2D eigenvalue weighted by molar-refractivity contribution is -0.0183. The molecule has 2 aromatic heterocycles. The lowest BCUT2D eigenvalue weighted by Crippen LogP contribution is -2.28. The van der Waals surface area contributed by atoms with Gasteiger partial charge in [0.25, 0.3) is 0 Å². The molecule has 0 aliphatic heterocycles. The maximum Gasteiger partial charge on any atom is 0.510 e. The molecule has 1 unspecified atom stereocenters. The Morgan fingerprint density at radius 3 is 2.31 bits per heavy atom. The summed E-state index contributed by atoms with van der Waals surface area (Å²) >= 11 is 0. The number of rotatable bonds is 11. The minimum Gasteiger partial charge on any atom is -0.456 e. The van der Waals surface area contributed by atoms with Gasteiger partial charge in [0.2, 0.25) is 0 Å². The van der Waals surface area contributed by atoms with Gasteiger partial charge in [0, 0.05) is 12.0 Å². The first kappa shape index (κ1) is 30.4. The van der Waals surface area contributed by atoms with Crippen molar-refractivity contribution >= 4 is 12.1 Å². The number of aromatic nitrogens is 6. The van der Waals surface area contributed by atoms with Gasteiger partial charge < -0.3 is 19.3 Å². The molecule has 1 atom stereocenters. The fraction of sp³-hybridized carbons (Fsp3) is 0.400. The zero-order valence-corrected chi connectivity index (χ0v) is 24.6. The summed E-state index contributed by atoms with van der Waals surface area (Å²) in [7, 11) is 0. The maximum absolute atomic E-state index is 13.3. The van der Waals surface area contributed by atoms with Crippen molar-refractivity contribution in [3.63, 3.8) is 0 Å². The summed E-state index contributed by atoms with van der Waals surface area (Å²) in [5.74, 6) is 0.341. The molecule has 2 N–H and O–H groups in total. The first-order chi connectivity index (χ1) is 20.0. The van der Waals surface area contributed by atoms with E-state index in [-0.39, 0.29) is 24.1 Å². The van der Waals surface area contributed by atoms with Gasteiger partial charge in [0.05, 0.1) is 11.8 Å². The Kier molecular flexibility index (Phi) is 9.36. The number of nitrogens with zero attached hydrogens (tertiary/aromatic N) is 5. The topological polar surface area (TPSA) is 154 Å². The van der Waals surface area contributed by atoms with Crippen LogP contribution in [0.1, 0.15) is 81.8 Å². The van der Waals surface area contributed by atoms with Gasteiger partial charge in [-0.15, -0.1) is 5.10 Å². The number of esters is 1. The summed E-state index contributed by atoms with van der Waals surface area (Å²) in [6.07, 6.45) is -0.922. The number of benzene rings is 2. The monoisotopic (exact) mass is 576 g/mol. The molecule has 0 radical (unpaired) electrons. The average molecular weight is 577 g/mol. The predicted molar refractivity (Wildman–Crippen MR) is 153 cm³/mol. The summed E-state index contributed by atoms with van der Waals surface area (Å²) in [5.41, 5.74) is 2.15. The second-order valence-electron chi connectivity index (χ2n) is 10.6. The normalized spacial score (nSPS) is 12.3. The van der Waals surface area contributed by atoms with Gasteiger partial charge in [-0.2, -0.15) is 0 Å². The third kappa shape index (κ3) is 7.00. The van der Waals surface area contributed by atoms with Crippen molar-refractivity contribution in [2.45, 2.75) is 78.9 Å². The van der Waals surface area contributed by atoms with Crippen molar-refractivity contribution in [1.29, 1.82) is 0 Å². The SMILES string of the molecule is CCCc1nc(C(=O)OCc2ccc(-c3ccccc3-c3nnn[nH]3)cc2)c(C(C)(C)O)n1C(C)OC(=O)OC(C)C. The van der Waals surface area contributed by atoms with Gasteiger partial charge in [0.1, 0.15) is 18.0 Å². The number of carbonyl (C=O) groups is 2. The molecule has 0 amide bonds. The van der Waals surface area contributed by atoms with Crippen LogP contribution < -0.4 is 0 Å². The number of aliphatic hydroxyl groups is 1. The van der Waals surface area contributed by atoms with Gasteiger partial charge in [-0.25, -0.2) is 19.7 Å². The van der Waals surface area contributed by atoms with Crippen LogP contribution in [0.5, 0.6) is 0 Å². The van der Waals surface area contributed by atoms with Crippen LogP contribution in [0.25, 0.3) is 22.5 Å². The number of nitrogens with one attached hydrogen (secondary N) is 1. The van der Waals surface area contributed by atoms with Crippen LogP contribution in [0.4, 0.5) is 4.79 Å². The van der Waals surface area contributed by atoms with Crippen LogP contribution in [0, 0.1) is 0 Å². The highest BCUT2D eigenvalue weighted by Crippen LogP contribution is 2.32. The van der Waals surface area contributed by atoms with E-state index >= 15 is 0 Å². The largest absolute Gasteiger partial charge is 0.510 e. The quantitative estimate of drug-likeness (QED) is 0.223. The van der Waals surface area contributed by atoms with Gasteiger partial charge in [-0.3, -0.25) is 4.57 Å². The van der Waals surface area contributed by atoms with Crippen molar-refractivity contribution in [3.05, 3.63) is 71.3 Å². The Balaban J connectivity index is 1.55. The minimum absolute atomic E-state index is 0.0131. The van der Waals surface area contributed by atoms with Crippen LogP contribution in [0.2, 0.25) is 0 Å². The van der Waals surface area contributed by atoms with Crippen molar-refractivity contribution < 1.29 is 28.9 Å². The summed E-state index contributed by atoms with van der Waals surface area (Å²) < 4.78 is 17.8. The molecule has 222 valence electrons. The highest BCUT2D eigenvalue weighted by atomic mass is 16.7. The Bertz CT molecular complexity index is 1510. The Morgan fingerprint density at radius 2 is 1.71 bits per heavy atom. The van der Waals surface area contributed by atoms with E-state index in [4.69, 9.17) is 14.2 Å².